The van der Waals surface area contributed by atoms with Crippen LogP contribution in [0.1, 0.15) is 39.0 Å². The van der Waals surface area contributed by atoms with Crippen molar-refractivity contribution < 1.29 is 9.90 Å². The summed E-state index contributed by atoms with van der Waals surface area (Å²) in [5, 5.41) is 12.6. The van der Waals surface area contributed by atoms with E-state index in [1.54, 1.807) is 0 Å². The Morgan fingerprint density at radius 1 is 1.33 bits per heavy atom. The second-order valence-electron chi connectivity index (χ2n) is 5.95. The molecule has 1 aliphatic heterocycles. The Kier molecular flexibility index (Phi) is 5.01. The van der Waals surface area contributed by atoms with Gasteiger partial charge in [-0.2, -0.15) is 0 Å². The van der Waals surface area contributed by atoms with E-state index < -0.39 is 5.97 Å². The Morgan fingerprint density at radius 3 is 2.67 bits per heavy atom. The first-order valence-electron chi connectivity index (χ1n) is 7.35. The van der Waals surface area contributed by atoms with E-state index in [-0.39, 0.29) is 0 Å². The first kappa shape index (κ1) is 13.8. The maximum Gasteiger partial charge on any atom is 0.303 e. The van der Waals surface area contributed by atoms with Gasteiger partial charge in [-0.25, -0.2) is 0 Å². The molecule has 2 unspecified atom stereocenters. The molecule has 2 rings (SSSR count). The van der Waals surface area contributed by atoms with Crippen LogP contribution < -0.4 is 5.32 Å². The third-order valence-corrected chi connectivity index (χ3v) is 4.44. The van der Waals surface area contributed by atoms with Crippen LogP contribution in [0.3, 0.4) is 0 Å². The summed E-state index contributed by atoms with van der Waals surface area (Å²) < 4.78 is 0. The molecule has 4 heteroatoms. The first-order valence-corrected chi connectivity index (χ1v) is 7.35. The average Bonchev–Trinajstić information content (AvgIpc) is 2.25. The standard InChI is InChI=1S/C14H26N2O2/c1-2-16-9-12(7-14(17)18)6-13(10-16)15-8-11-4-3-5-11/h11-13,15H,2-10H2,1H3,(H,17,18). The van der Waals surface area contributed by atoms with Crippen molar-refractivity contribution in [1.82, 2.24) is 10.2 Å². The minimum atomic E-state index is -0.657. The molecule has 1 heterocycles. The normalized spacial score (nSPS) is 30.1. The molecule has 0 aromatic rings. The zero-order chi connectivity index (χ0) is 13.0. The molecule has 0 bridgehead atoms. The van der Waals surface area contributed by atoms with E-state index >= 15 is 0 Å². The minimum Gasteiger partial charge on any atom is -0.481 e. The summed E-state index contributed by atoms with van der Waals surface area (Å²) in [4.78, 5) is 13.2. The highest BCUT2D eigenvalue weighted by Gasteiger charge is 2.28. The van der Waals surface area contributed by atoms with Gasteiger partial charge in [-0.05, 0) is 44.2 Å². The molecule has 0 aromatic carbocycles. The summed E-state index contributed by atoms with van der Waals surface area (Å²) in [7, 11) is 0. The molecule has 4 nitrogen and oxygen atoms in total. The van der Waals surface area contributed by atoms with Crippen molar-refractivity contribution in [2.24, 2.45) is 11.8 Å². The predicted molar refractivity (Wildman–Crippen MR) is 71.6 cm³/mol. The number of carboxylic acids is 1. The van der Waals surface area contributed by atoms with Crippen LogP contribution in [-0.2, 0) is 4.79 Å². The number of piperidine rings is 1. The van der Waals surface area contributed by atoms with Crippen LogP contribution in [0, 0.1) is 11.8 Å². The average molecular weight is 254 g/mol. The van der Waals surface area contributed by atoms with Crippen LogP contribution in [0.25, 0.3) is 0 Å². The number of aliphatic carboxylic acids is 1. The summed E-state index contributed by atoms with van der Waals surface area (Å²) in [6.45, 7) is 6.34. The van der Waals surface area contributed by atoms with E-state index in [0.29, 0.717) is 18.4 Å². The van der Waals surface area contributed by atoms with Crippen molar-refractivity contribution in [3.8, 4) is 0 Å². The van der Waals surface area contributed by atoms with Crippen LogP contribution in [0.5, 0.6) is 0 Å². The number of carboxylic acid groups (broad SMARTS) is 1. The molecule has 1 aliphatic carbocycles. The van der Waals surface area contributed by atoms with E-state index in [2.05, 4.69) is 17.1 Å². The zero-order valence-electron chi connectivity index (χ0n) is 11.4. The van der Waals surface area contributed by atoms with Crippen molar-refractivity contribution in [2.45, 2.75) is 45.1 Å². The number of hydrogen-bond acceptors (Lipinski definition) is 3. The number of hydrogen-bond donors (Lipinski definition) is 2. The summed E-state index contributed by atoms with van der Waals surface area (Å²) in [6.07, 6.45) is 5.47. The molecule has 1 saturated carbocycles. The van der Waals surface area contributed by atoms with Crippen LogP contribution in [0.4, 0.5) is 0 Å². The monoisotopic (exact) mass is 254 g/mol. The SMILES string of the molecule is CCN1CC(CC(=O)O)CC(NCC2CCC2)C1. The molecule has 2 N–H and O–H groups in total. The lowest BCUT2D eigenvalue weighted by molar-refractivity contribution is -0.138. The van der Waals surface area contributed by atoms with E-state index in [1.165, 1.54) is 19.3 Å². The van der Waals surface area contributed by atoms with Gasteiger partial charge in [0.05, 0.1) is 0 Å². The smallest absolute Gasteiger partial charge is 0.303 e. The van der Waals surface area contributed by atoms with Gasteiger partial charge in [0.1, 0.15) is 0 Å². The summed E-state index contributed by atoms with van der Waals surface area (Å²) in [5.74, 6) is 0.533. The number of likely N-dealkylation sites (N-methyl/N-ethyl adjacent to an activating group) is 1. The Labute approximate surface area is 110 Å². The third-order valence-electron chi connectivity index (χ3n) is 4.44. The minimum absolute atomic E-state index is 0.315. The van der Waals surface area contributed by atoms with Crippen LogP contribution in [0.2, 0.25) is 0 Å². The molecule has 0 aromatic heterocycles. The van der Waals surface area contributed by atoms with Crippen LogP contribution >= 0.6 is 0 Å². The molecule has 2 aliphatic rings. The third kappa shape index (κ3) is 3.95. The van der Waals surface area contributed by atoms with Gasteiger partial charge in [-0.1, -0.05) is 13.3 Å². The summed E-state index contributed by atoms with van der Waals surface area (Å²) in [5.41, 5.74) is 0. The Hall–Kier alpha value is -0.610. The largest absolute Gasteiger partial charge is 0.481 e. The highest BCUT2D eigenvalue weighted by atomic mass is 16.4. The summed E-state index contributed by atoms with van der Waals surface area (Å²) >= 11 is 0. The van der Waals surface area contributed by atoms with Gasteiger partial charge in [-0.3, -0.25) is 4.79 Å². The van der Waals surface area contributed by atoms with Gasteiger partial charge >= 0.3 is 5.97 Å². The van der Waals surface area contributed by atoms with Crippen molar-refractivity contribution in [3.63, 3.8) is 0 Å². The topological polar surface area (TPSA) is 52.6 Å². The quantitative estimate of drug-likeness (QED) is 0.755. The Balaban J connectivity index is 1.78. The fourth-order valence-electron chi connectivity index (χ4n) is 3.13. The Morgan fingerprint density at radius 2 is 2.11 bits per heavy atom. The van der Waals surface area contributed by atoms with Crippen LogP contribution in [-0.4, -0.2) is 48.2 Å². The fourth-order valence-corrected chi connectivity index (χ4v) is 3.13. The lowest BCUT2D eigenvalue weighted by Gasteiger charge is -2.38. The lowest BCUT2D eigenvalue weighted by Crippen LogP contribution is -2.50. The van der Waals surface area contributed by atoms with E-state index in [0.717, 1.165) is 38.5 Å². The van der Waals surface area contributed by atoms with E-state index in [9.17, 15) is 4.79 Å². The fraction of sp³-hybridized carbons (Fsp3) is 0.929. The molecule has 0 radical (unpaired) electrons. The van der Waals surface area contributed by atoms with Gasteiger partial charge in [0.15, 0.2) is 0 Å². The van der Waals surface area contributed by atoms with Crippen molar-refractivity contribution in [3.05, 3.63) is 0 Å². The highest BCUT2D eigenvalue weighted by Crippen LogP contribution is 2.26. The molecule has 0 spiro atoms. The summed E-state index contributed by atoms with van der Waals surface area (Å²) in [6, 6.07) is 0.489. The maximum atomic E-state index is 10.9. The molecule has 2 atom stereocenters. The Bertz CT molecular complexity index is 279. The number of carbonyl (C=O) groups is 1. The van der Waals surface area contributed by atoms with Crippen LogP contribution in [0.15, 0.2) is 0 Å². The molecule has 2 fully saturated rings. The molecule has 1 saturated heterocycles. The maximum absolute atomic E-state index is 10.9. The lowest BCUT2D eigenvalue weighted by atomic mass is 9.84. The number of nitrogens with one attached hydrogen (secondary N) is 1. The number of rotatable bonds is 6. The first-order chi connectivity index (χ1) is 8.67. The number of nitrogens with zero attached hydrogens (tertiary/aromatic N) is 1. The van der Waals surface area contributed by atoms with Gasteiger partial charge in [-0.15, -0.1) is 0 Å². The van der Waals surface area contributed by atoms with Gasteiger partial charge in [0, 0.05) is 25.6 Å². The molecular formula is C14H26N2O2. The van der Waals surface area contributed by atoms with Crippen molar-refractivity contribution in [2.75, 3.05) is 26.2 Å². The van der Waals surface area contributed by atoms with Crippen molar-refractivity contribution in [1.29, 1.82) is 0 Å². The molecule has 18 heavy (non-hydrogen) atoms. The van der Waals surface area contributed by atoms with E-state index in [4.69, 9.17) is 5.11 Å². The predicted octanol–water partition coefficient (Wildman–Crippen LogP) is 1.56. The second-order valence-corrected chi connectivity index (χ2v) is 5.95. The van der Waals surface area contributed by atoms with Gasteiger partial charge < -0.3 is 15.3 Å². The zero-order valence-corrected chi connectivity index (χ0v) is 11.4. The van der Waals surface area contributed by atoms with E-state index in [1.807, 2.05) is 0 Å². The number of likely N-dealkylation sites (tertiary alicyclic amines) is 1. The molecule has 0 amide bonds. The van der Waals surface area contributed by atoms with Gasteiger partial charge in [0.25, 0.3) is 0 Å². The van der Waals surface area contributed by atoms with Crippen molar-refractivity contribution >= 4 is 5.97 Å². The van der Waals surface area contributed by atoms with Gasteiger partial charge in [0.2, 0.25) is 0 Å². The second kappa shape index (κ2) is 6.53. The molecular weight excluding hydrogens is 228 g/mol. The highest BCUT2D eigenvalue weighted by molar-refractivity contribution is 5.67. The molecule has 104 valence electrons.